The summed E-state index contributed by atoms with van der Waals surface area (Å²) in [5, 5.41) is 3.11. The summed E-state index contributed by atoms with van der Waals surface area (Å²) in [7, 11) is 1.67. The van der Waals surface area contributed by atoms with E-state index >= 15 is 0 Å². The van der Waals surface area contributed by atoms with Gasteiger partial charge in [-0.1, -0.05) is 24.3 Å². The van der Waals surface area contributed by atoms with Crippen molar-refractivity contribution in [3.63, 3.8) is 0 Å². The summed E-state index contributed by atoms with van der Waals surface area (Å²) in [5.41, 5.74) is 3.09. The van der Waals surface area contributed by atoms with E-state index < -0.39 is 0 Å². The molecule has 2 aromatic rings. The molecule has 3 heterocycles. The van der Waals surface area contributed by atoms with Crippen LogP contribution in [0.4, 0.5) is 11.4 Å². The minimum absolute atomic E-state index is 0.0176. The van der Waals surface area contributed by atoms with E-state index in [1.54, 1.807) is 7.11 Å². The zero-order chi connectivity index (χ0) is 23.5. The number of nitrogens with one attached hydrogen (secondary N) is 1. The standard InChI is InChI=1S/C26H32N4O4/c1-33-21-8-7-19-15-22(26(32)27-20-5-3-2-4-6-20)24-17-28(9-10-30(24)23(19)16-21)18-25(31)29-11-13-34-14-12-29/h2-8,16,22,24H,9-15,17-18H2,1H3,(H,27,32). The monoisotopic (exact) mass is 464 g/mol. The summed E-state index contributed by atoms with van der Waals surface area (Å²) < 4.78 is 10.9. The van der Waals surface area contributed by atoms with Gasteiger partial charge in [0, 0.05) is 50.2 Å². The van der Waals surface area contributed by atoms with Crippen molar-refractivity contribution in [3.8, 4) is 5.75 Å². The number of piperazine rings is 1. The lowest BCUT2D eigenvalue weighted by atomic mass is 9.83. The second-order valence-corrected chi connectivity index (χ2v) is 9.15. The molecule has 180 valence electrons. The van der Waals surface area contributed by atoms with Gasteiger partial charge < -0.3 is 24.6 Å². The van der Waals surface area contributed by atoms with Crippen LogP contribution in [0.15, 0.2) is 48.5 Å². The Bertz CT molecular complexity index is 1020. The van der Waals surface area contributed by atoms with Crippen molar-refractivity contribution in [3.05, 3.63) is 54.1 Å². The molecule has 0 aromatic heterocycles. The zero-order valence-electron chi connectivity index (χ0n) is 19.6. The summed E-state index contributed by atoms with van der Waals surface area (Å²) in [4.78, 5) is 32.8. The Labute approximate surface area is 200 Å². The van der Waals surface area contributed by atoms with Gasteiger partial charge in [-0.3, -0.25) is 14.5 Å². The molecule has 2 amide bonds. The minimum Gasteiger partial charge on any atom is -0.497 e. The van der Waals surface area contributed by atoms with Crippen molar-refractivity contribution < 1.29 is 19.1 Å². The average Bonchev–Trinajstić information content (AvgIpc) is 2.88. The molecule has 0 bridgehead atoms. The molecule has 2 atom stereocenters. The van der Waals surface area contributed by atoms with Gasteiger partial charge in [0.15, 0.2) is 0 Å². The first-order chi connectivity index (χ1) is 16.6. The van der Waals surface area contributed by atoms with Crippen molar-refractivity contribution >= 4 is 23.2 Å². The third-order valence-electron chi connectivity index (χ3n) is 7.11. The molecule has 8 nitrogen and oxygen atoms in total. The van der Waals surface area contributed by atoms with Crippen molar-refractivity contribution in [2.45, 2.75) is 12.5 Å². The van der Waals surface area contributed by atoms with Crippen LogP contribution in [0.2, 0.25) is 0 Å². The Morgan fingerprint density at radius 2 is 1.85 bits per heavy atom. The fourth-order valence-corrected chi connectivity index (χ4v) is 5.27. The average molecular weight is 465 g/mol. The molecule has 2 aromatic carbocycles. The third-order valence-corrected chi connectivity index (χ3v) is 7.11. The highest BCUT2D eigenvalue weighted by molar-refractivity contribution is 5.94. The van der Waals surface area contributed by atoms with Crippen molar-refractivity contribution in [2.24, 2.45) is 5.92 Å². The number of benzene rings is 2. The molecule has 8 heteroatoms. The van der Waals surface area contributed by atoms with Gasteiger partial charge in [-0.15, -0.1) is 0 Å². The van der Waals surface area contributed by atoms with Crippen LogP contribution in [0.5, 0.6) is 5.75 Å². The first kappa shape index (κ1) is 22.7. The normalized spacial score (nSPS) is 22.5. The van der Waals surface area contributed by atoms with Gasteiger partial charge in [0.2, 0.25) is 11.8 Å². The number of methoxy groups -OCH3 is 1. The van der Waals surface area contributed by atoms with E-state index in [1.165, 1.54) is 0 Å². The van der Waals surface area contributed by atoms with Gasteiger partial charge in [0.25, 0.3) is 0 Å². The van der Waals surface area contributed by atoms with Crippen LogP contribution < -0.4 is 15.0 Å². The van der Waals surface area contributed by atoms with E-state index in [2.05, 4.69) is 27.2 Å². The van der Waals surface area contributed by atoms with Crippen molar-refractivity contribution in [2.75, 3.05) is 69.8 Å². The van der Waals surface area contributed by atoms with Gasteiger partial charge in [-0.05, 0) is 30.2 Å². The van der Waals surface area contributed by atoms with E-state index in [0.717, 1.165) is 35.8 Å². The number of ether oxygens (including phenoxy) is 2. The Kier molecular flexibility index (Phi) is 6.69. The molecule has 0 saturated carbocycles. The second-order valence-electron chi connectivity index (χ2n) is 9.15. The first-order valence-corrected chi connectivity index (χ1v) is 12.0. The molecule has 0 spiro atoms. The lowest BCUT2D eigenvalue weighted by Crippen LogP contribution is -2.61. The lowest BCUT2D eigenvalue weighted by molar-refractivity contribution is -0.136. The third kappa shape index (κ3) is 4.74. The molecule has 5 rings (SSSR count). The Morgan fingerprint density at radius 3 is 2.62 bits per heavy atom. The van der Waals surface area contributed by atoms with Crippen molar-refractivity contribution in [1.29, 1.82) is 0 Å². The van der Waals surface area contributed by atoms with Gasteiger partial charge in [-0.25, -0.2) is 0 Å². The Hall–Kier alpha value is -3.10. The number of anilines is 2. The lowest BCUT2D eigenvalue weighted by Gasteiger charge is -2.49. The number of carbonyl (C=O) groups is 2. The first-order valence-electron chi connectivity index (χ1n) is 12.0. The molecular formula is C26H32N4O4. The van der Waals surface area contributed by atoms with Crippen LogP contribution in [-0.2, 0) is 20.7 Å². The van der Waals surface area contributed by atoms with E-state index in [1.807, 2.05) is 41.3 Å². The van der Waals surface area contributed by atoms with Crippen LogP contribution in [0.1, 0.15) is 5.56 Å². The van der Waals surface area contributed by atoms with Gasteiger partial charge in [0.05, 0.1) is 38.8 Å². The number of fused-ring (bicyclic) bond motifs is 3. The van der Waals surface area contributed by atoms with E-state index in [0.29, 0.717) is 45.8 Å². The molecule has 3 aliphatic rings. The molecule has 0 radical (unpaired) electrons. The van der Waals surface area contributed by atoms with E-state index in [4.69, 9.17) is 9.47 Å². The number of carbonyl (C=O) groups excluding carboxylic acids is 2. The zero-order valence-corrected chi connectivity index (χ0v) is 19.6. The maximum atomic E-state index is 13.5. The molecule has 2 unspecified atom stereocenters. The number of para-hydroxylation sites is 1. The molecule has 34 heavy (non-hydrogen) atoms. The molecule has 2 saturated heterocycles. The predicted octanol–water partition coefficient (Wildman–Crippen LogP) is 1.86. The largest absolute Gasteiger partial charge is 0.497 e. The maximum Gasteiger partial charge on any atom is 0.236 e. The Balaban J connectivity index is 1.36. The fraction of sp³-hybridized carbons (Fsp3) is 0.462. The summed E-state index contributed by atoms with van der Waals surface area (Å²) >= 11 is 0. The number of nitrogens with zero attached hydrogens (tertiary/aromatic N) is 3. The minimum atomic E-state index is -0.220. The second kappa shape index (κ2) is 10.0. The quantitative estimate of drug-likeness (QED) is 0.728. The molecular weight excluding hydrogens is 432 g/mol. The van der Waals surface area contributed by atoms with Crippen LogP contribution in [-0.4, -0.2) is 87.2 Å². The van der Waals surface area contributed by atoms with Crippen LogP contribution >= 0.6 is 0 Å². The summed E-state index contributed by atoms with van der Waals surface area (Å²) in [6.45, 7) is 5.08. The molecule has 1 N–H and O–H groups in total. The van der Waals surface area contributed by atoms with Crippen LogP contribution in [0.25, 0.3) is 0 Å². The van der Waals surface area contributed by atoms with Crippen LogP contribution in [0.3, 0.4) is 0 Å². The highest BCUT2D eigenvalue weighted by Gasteiger charge is 2.42. The molecule has 2 fully saturated rings. The summed E-state index contributed by atoms with van der Waals surface area (Å²) in [6.07, 6.45) is 0.657. The van der Waals surface area contributed by atoms with Crippen molar-refractivity contribution in [1.82, 2.24) is 9.80 Å². The number of amides is 2. The smallest absolute Gasteiger partial charge is 0.236 e. The topological polar surface area (TPSA) is 74.3 Å². The SMILES string of the molecule is COc1ccc2c(c1)N1CCN(CC(=O)N3CCOCC3)CC1C(C(=O)Nc1ccccc1)C2. The van der Waals surface area contributed by atoms with E-state index in [9.17, 15) is 9.59 Å². The fourth-order valence-electron chi connectivity index (χ4n) is 5.27. The number of hydrogen-bond donors (Lipinski definition) is 1. The summed E-state index contributed by atoms with van der Waals surface area (Å²) in [6, 6.07) is 15.7. The Morgan fingerprint density at radius 1 is 1.06 bits per heavy atom. The molecule has 3 aliphatic heterocycles. The highest BCUT2D eigenvalue weighted by atomic mass is 16.5. The number of hydrogen-bond acceptors (Lipinski definition) is 6. The summed E-state index contributed by atoms with van der Waals surface area (Å²) in [5.74, 6) is 0.751. The maximum absolute atomic E-state index is 13.5. The molecule has 0 aliphatic carbocycles. The number of morpholine rings is 1. The number of rotatable bonds is 5. The van der Waals surface area contributed by atoms with Crippen LogP contribution in [0, 0.1) is 5.92 Å². The van der Waals surface area contributed by atoms with Gasteiger partial charge in [0.1, 0.15) is 5.75 Å². The highest BCUT2D eigenvalue weighted by Crippen LogP contribution is 2.38. The predicted molar refractivity (Wildman–Crippen MR) is 130 cm³/mol. The van der Waals surface area contributed by atoms with Gasteiger partial charge in [-0.2, -0.15) is 0 Å². The van der Waals surface area contributed by atoms with Gasteiger partial charge >= 0.3 is 0 Å². The van der Waals surface area contributed by atoms with E-state index in [-0.39, 0.29) is 23.8 Å².